The molecule has 1 aliphatic rings. The van der Waals surface area contributed by atoms with Crippen LogP contribution in [0.2, 0.25) is 0 Å². The molecule has 2 unspecified atom stereocenters. The van der Waals surface area contributed by atoms with Crippen LogP contribution in [0.15, 0.2) is 0 Å². The van der Waals surface area contributed by atoms with E-state index in [0.717, 1.165) is 12.8 Å². The third-order valence-corrected chi connectivity index (χ3v) is 4.13. The lowest BCUT2D eigenvalue weighted by Crippen LogP contribution is -2.61. The number of hydrogen-bond donors (Lipinski definition) is 3. The van der Waals surface area contributed by atoms with Crippen LogP contribution in [0, 0.1) is 0 Å². The number of carboxylic acid groups (broad SMARTS) is 1. The fourth-order valence-electron chi connectivity index (χ4n) is 2.13. The van der Waals surface area contributed by atoms with Crippen molar-refractivity contribution in [1.82, 2.24) is 0 Å². The van der Waals surface area contributed by atoms with Gasteiger partial charge in [-0.3, -0.25) is 0 Å². The van der Waals surface area contributed by atoms with E-state index >= 15 is 0 Å². The number of amides is 2. The van der Waals surface area contributed by atoms with Crippen molar-refractivity contribution >= 4 is 37.3 Å². The van der Waals surface area contributed by atoms with Crippen LogP contribution < -0.4 is 0 Å². The van der Waals surface area contributed by atoms with Crippen molar-refractivity contribution in [1.29, 1.82) is 0 Å². The summed E-state index contributed by atoms with van der Waals surface area (Å²) in [7, 11) is 0. The number of imide groups is 1. The lowest BCUT2D eigenvalue weighted by molar-refractivity contribution is -0.792. The quantitative estimate of drug-likeness (QED) is 0.513. The number of likely N-dealkylation sites (tertiary alicyclic amines) is 1. The predicted molar refractivity (Wildman–Crippen MR) is 63.5 cm³/mol. The van der Waals surface area contributed by atoms with Gasteiger partial charge in [-0.05, 0) is 6.92 Å². The summed E-state index contributed by atoms with van der Waals surface area (Å²) in [6, 6.07) is -0.162. The van der Waals surface area contributed by atoms with Gasteiger partial charge in [-0.1, -0.05) is 0 Å². The van der Waals surface area contributed by atoms with Crippen molar-refractivity contribution in [2.75, 3.05) is 12.3 Å². The summed E-state index contributed by atoms with van der Waals surface area (Å²) < 4.78 is -0.477. The first-order valence-corrected chi connectivity index (χ1v) is 6.06. The standard InChI is InChI=1S/C9H15NO3S2/c1-6-3-2-4-10(6,9(12)13)8(11)7(15)5-14/h6-7H,2-5H2,1H3,(H2-,12,13,14,15)/p+1/t6-,7?,10?/m1/s1. The first-order chi connectivity index (χ1) is 6.96. The molecule has 1 N–H and O–H groups in total. The van der Waals surface area contributed by atoms with Crippen molar-refractivity contribution in [3.05, 3.63) is 0 Å². The Morgan fingerprint density at radius 1 is 1.60 bits per heavy atom. The van der Waals surface area contributed by atoms with Crippen molar-refractivity contribution in [3.8, 4) is 0 Å². The van der Waals surface area contributed by atoms with Crippen LogP contribution in [-0.2, 0) is 4.79 Å². The van der Waals surface area contributed by atoms with Crippen molar-refractivity contribution in [2.45, 2.75) is 31.1 Å². The summed E-state index contributed by atoms with van der Waals surface area (Å²) in [6.45, 7) is 2.18. The lowest BCUT2D eigenvalue weighted by Gasteiger charge is -2.31. The number of carbonyl (C=O) groups excluding carboxylic acids is 1. The highest BCUT2D eigenvalue weighted by Crippen LogP contribution is 2.29. The molecule has 2 amide bonds. The molecule has 15 heavy (non-hydrogen) atoms. The van der Waals surface area contributed by atoms with E-state index in [2.05, 4.69) is 25.3 Å². The average Bonchev–Trinajstić information content (AvgIpc) is 2.58. The van der Waals surface area contributed by atoms with Gasteiger partial charge in [-0.2, -0.15) is 34.5 Å². The maximum absolute atomic E-state index is 12.0. The van der Waals surface area contributed by atoms with E-state index in [0.29, 0.717) is 6.54 Å². The molecule has 0 spiro atoms. The third kappa shape index (κ3) is 2.03. The SMILES string of the molecule is C[C@@H]1CCC[N+]1(C(=O)O)C(=O)C(S)CS. The van der Waals surface area contributed by atoms with Crippen LogP contribution in [0.25, 0.3) is 0 Å². The van der Waals surface area contributed by atoms with Gasteiger partial charge in [0.05, 0.1) is 6.54 Å². The molecule has 1 aliphatic heterocycles. The fraction of sp³-hybridized carbons (Fsp3) is 0.778. The average molecular weight is 250 g/mol. The van der Waals surface area contributed by atoms with Gasteiger partial charge < -0.3 is 5.11 Å². The van der Waals surface area contributed by atoms with Crippen LogP contribution in [0.4, 0.5) is 4.79 Å². The largest absolute Gasteiger partial charge is 0.521 e. The van der Waals surface area contributed by atoms with Crippen LogP contribution in [0.3, 0.4) is 0 Å². The van der Waals surface area contributed by atoms with Crippen molar-refractivity contribution in [2.24, 2.45) is 0 Å². The summed E-state index contributed by atoms with van der Waals surface area (Å²) in [5.41, 5.74) is 0. The van der Waals surface area contributed by atoms with E-state index in [9.17, 15) is 14.7 Å². The van der Waals surface area contributed by atoms with Gasteiger partial charge in [-0.25, -0.2) is 4.79 Å². The Kier molecular flexibility index (Phi) is 4.08. The summed E-state index contributed by atoms with van der Waals surface area (Å²) in [4.78, 5) is 23.3. The number of hydrogen-bond acceptors (Lipinski definition) is 4. The molecular weight excluding hydrogens is 234 g/mol. The molecule has 1 saturated heterocycles. The summed E-state index contributed by atoms with van der Waals surface area (Å²) in [5.74, 6) is -0.0760. The van der Waals surface area contributed by atoms with Crippen molar-refractivity contribution < 1.29 is 19.2 Å². The van der Waals surface area contributed by atoms with E-state index in [1.54, 1.807) is 6.92 Å². The summed E-state index contributed by atoms with van der Waals surface area (Å²) in [5, 5.41) is 8.63. The van der Waals surface area contributed by atoms with Crippen LogP contribution in [-0.4, -0.2) is 45.2 Å². The highest BCUT2D eigenvalue weighted by Gasteiger charge is 2.54. The van der Waals surface area contributed by atoms with E-state index < -0.39 is 15.8 Å². The molecule has 86 valence electrons. The first-order valence-electron chi connectivity index (χ1n) is 4.91. The maximum Gasteiger partial charge on any atom is 0.521 e. The number of rotatable bonds is 2. The topological polar surface area (TPSA) is 54.4 Å². The first kappa shape index (κ1) is 12.9. The monoisotopic (exact) mass is 250 g/mol. The van der Waals surface area contributed by atoms with Gasteiger partial charge >= 0.3 is 12.0 Å². The maximum atomic E-state index is 12.0. The molecule has 0 radical (unpaired) electrons. The van der Waals surface area contributed by atoms with Crippen LogP contribution in [0.5, 0.6) is 0 Å². The zero-order chi connectivity index (χ0) is 11.6. The molecule has 0 aromatic heterocycles. The Morgan fingerprint density at radius 2 is 2.20 bits per heavy atom. The second kappa shape index (κ2) is 4.76. The van der Waals surface area contributed by atoms with Crippen molar-refractivity contribution in [3.63, 3.8) is 0 Å². The Morgan fingerprint density at radius 3 is 2.53 bits per heavy atom. The molecule has 1 heterocycles. The smallest absolute Gasteiger partial charge is 0.435 e. The Labute approximate surface area is 100 Å². The number of quaternary nitrogens is 1. The molecule has 3 atom stereocenters. The zero-order valence-electron chi connectivity index (χ0n) is 8.59. The normalized spacial score (nSPS) is 32.6. The fourth-order valence-corrected chi connectivity index (χ4v) is 2.49. The molecule has 0 bridgehead atoms. The van der Waals surface area contributed by atoms with Gasteiger partial charge in [0, 0.05) is 18.6 Å². The summed E-state index contributed by atoms with van der Waals surface area (Å²) in [6.07, 6.45) is 0.475. The molecule has 0 aromatic rings. The molecule has 0 aliphatic carbocycles. The molecule has 0 saturated carbocycles. The van der Waals surface area contributed by atoms with Gasteiger partial charge in [0.2, 0.25) is 0 Å². The lowest BCUT2D eigenvalue weighted by atomic mass is 10.2. The number of thiol groups is 2. The van der Waals surface area contributed by atoms with Gasteiger partial charge in [0.25, 0.3) is 0 Å². The van der Waals surface area contributed by atoms with E-state index in [-0.39, 0.29) is 17.7 Å². The van der Waals surface area contributed by atoms with Crippen LogP contribution >= 0.6 is 25.3 Å². The molecule has 1 rings (SSSR count). The predicted octanol–water partition coefficient (Wildman–Crippen LogP) is 1.42. The number of carbonyl (C=O) groups is 2. The molecule has 4 nitrogen and oxygen atoms in total. The summed E-state index contributed by atoms with van der Waals surface area (Å²) >= 11 is 8.07. The second-order valence-electron chi connectivity index (χ2n) is 3.90. The number of nitrogens with zero attached hydrogens (tertiary/aromatic N) is 1. The minimum atomic E-state index is -1.06. The van der Waals surface area contributed by atoms with Gasteiger partial charge in [0.15, 0.2) is 0 Å². The second-order valence-corrected chi connectivity index (χ2v) is 4.89. The zero-order valence-corrected chi connectivity index (χ0v) is 10.4. The highest BCUT2D eigenvalue weighted by atomic mass is 32.1. The van der Waals surface area contributed by atoms with E-state index in [1.165, 1.54) is 0 Å². The highest BCUT2D eigenvalue weighted by molar-refractivity contribution is 7.85. The van der Waals surface area contributed by atoms with E-state index in [1.807, 2.05) is 0 Å². The molecular formula is C9H16NO3S2+. The Balaban J connectivity index is 3.02. The minimum absolute atomic E-state index is 0.162. The van der Waals surface area contributed by atoms with Gasteiger partial charge in [-0.15, -0.1) is 0 Å². The molecule has 1 fully saturated rings. The molecule has 0 aromatic carbocycles. The van der Waals surface area contributed by atoms with E-state index in [4.69, 9.17) is 0 Å². The molecule has 6 heteroatoms. The third-order valence-electron chi connectivity index (χ3n) is 3.08. The van der Waals surface area contributed by atoms with Gasteiger partial charge in [0.1, 0.15) is 11.3 Å². The van der Waals surface area contributed by atoms with Crippen LogP contribution in [0.1, 0.15) is 19.8 Å². The minimum Gasteiger partial charge on any atom is -0.435 e. The Hall–Kier alpha value is -0.200. The Bertz CT molecular complexity index is 285.